The van der Waals surface area contributed by atoms with E-state index >= 15 is 0 Å². The van der Waals surface area contributed by atoms with E-state index in [0.717, 1.165) is 5.39 Å². The Morgan fingerprint density at radius 2 is 2.17 bits per heavy atom. The molecule has 4 aromatic rings. The van der Waals surface area contributed by atoms with E-state index in [1.54, 1.807) is 6.20 Å². The smallest absolute Gasteiger partial charge is 0.352 e. The van der Waals surface area contributed by atoms with E-state index in [4.69, 9.17) is 9.84 Å². The molecule has 0 aromatic carbocycles. The number of anilines is 2. The molecule has 0 amide bonds. The number of hydrogen-bond acceptors (Lipinski definition) is 7. The van der Waals surface area contributed by atoms with Crippen molar-refractivity contribution in [1.82, 2.24) is 30.1 Å². The van der Waals surface area contributed by atoms with Gasteiger partial charge in [-0.3, -0.25) is 5.10 Å². The number of rotatable bonds is 4. The third-order valence-corrected chi connectivity index (χ3v) is 3.49. The summed E-state index contributed by atoms with van der Waals surface area (Å²) in [5.74, 6) is -0.280. The van der Waals surface area contributed by atoms with Gasteiger partial charge in [0.1, 0.15) is 29.2 Å². The molecular weight excluding hydrogens is 314 g/mol. The summed E-state index contributed by atoms with van der Waals surface area (Å²) in [7, 11) is 1.50. The first-order chi connectivity index (χ1) is 11.7. The number of fused-ring (bicyclic) bond motifs is 2. The van der Waals surface area contributed by atoms with Crippen LogP contribution in [0.1, 0.15) is 10.5 Å². The Morgan fingerprint density at radius 1 is 1.29 bits per heavy atom. The van der Waals surface area contributed by atoms with E-state index in [2.05, 4.69) is 35.5 Å². The maximum absolute atomic E-state index is 11.1. The number of hydrogen-bond donors (Lipinski definition) is 4. The third-order valence-electron chi connectivity index (χ3n) is 3.49. The fourth-order valence-electron chi connectivity index (χ4n) is 2.39. The summed E-state index contributed by atoms with van der Waals surface area (Å²) in [4.78, 5) is 26.4. The predicted octanol–water partition coefficient (Wildman–Crippen LogP) is 1.68. The molecule has 0 spiro atoms. The van der Waals surface area contributed by atoms with Gasteiger partial charge in [0, 0.05) is 5.39 Å². The number of methoxy groups -OCH3 is 1. The van der Waals surface area contributed by atoms with E-state index in [9.17, 15) is 4.79 Å². The predicted molar refractivity (Wildman–Crippen MR) is 84.6 cm³/mol. The second-order valence-corrected chi connectivity index (χ2v) is 4.95. The number of H-pyrrole nitrogens is 2. The summed E-state index contributed by atoms with van der Waals surface area (Å²) in [5, 5.41) is 20.2. The fraction of sp³-hybridized carbons (Fsp3) is 0.0714. The van der Waals surface area contributed by atoms with Crippen LogP contribution in [0.25, 0.3) is 22.1 Å². The summed E-state index contributed by atoms with van der Waals surface area (Å²) in [6, 6.07) is 3.28. The van der Waals surface area contributed by atoms with Crippen LogP contribution < -0.4 is 10.1 Å². The lowest BCUT2D eigenvalue weighted by Crippen LogP contribution is -1.99. The lowest BCUT2D eigenvalue weighted by molar-refractivity contribution is 0.0691. The Balaban J connectivity index is 1.83. The minimum Gasteiger partial charge on any atom is -0.479 e. The quantitative estimate of drug-likeness (QED) is 0.444. The molecule has 4 N–H and O–H groups in total. The van der Waals surface area contributed by atoms with Gasteiger partial charge in [-0.15, -0.1) is 0 Å². The minimum atomic E-state index is -1.07. The summed E-state index contributed by atoms with van der Waals surface area (Å²) < 4.78 is 5.28. The molecule has 0 aliphatic rings. The lowest BCUT2D eigenvalue weighted by atomic mass is 10.3. The standard InChI is InChI=1S/C14H11N7O3/c1-24-13-8(2-6-4-17-21-10(6)20-13)18-11-7-3-9(14(22)23)19-12(7)16-5-15-11/h2-5H,1H3,(H,22,23)(H,17,20,21)(H2,15,16,18,19). The van der Waals surface area contributed by atoms with Crippen molar-refractivity contribution in [1.29, 1.82) is 0 Å². The van der Waals surface area contributed by atoms with Crippen molar-refractivity contribution in [2.45, 2.75) is 0 Å². The second-order valence-electron chi connectivity index (χ2n) is 4.95. The molecule has 0 aliphatic carbocycles. The minimum absolute atomic E-state index is 0.0314. The molecule has 0 fully saturated rings. The van der Waals surface area contributed by atoms with Gasteiger partial charge in [0.2, 0.25) is 5.88 Å². The Labute approximate surface area is 133 Å². The molecule has 0 saturated heterocycles. The van der Waals surface area contributed by atoms with Crippen LogP contribution >= 0.6 is 0 Å². The first-order valence-electron chi connectivity index (χ1n) is 6.88. The summed E-state index contributed by atoms with van der Waals surface area (Å²) in [6.07, 6.45) is 2.98. The molecule has 4 rings (SSSR count). The Morgan fingerprint density at radius 3 is 2.96 bits per heavy atom. The van der Waals surface area contributed by atoms with Crippen LogP contribution in [0, 0.1) is 0 Å². The van der Waals surface area contributed by atoms with Crippen molar-refractivity contribution < 1.29 is 14.6 Å². The number of aromatic nitrogens is 6. The Bertz CT molecular complexity index is 1070. The van der Waals surface area contributed by atoms with Crippen molar-refractivity contribution in [2.75, 3.05) is 12.4 Å². The number of carboxylic acid groups (broad SMARTS) is 1. The van der Waals surface area contributed by atoms with E-state index < -0.39 is 5.97 Å². The zero-order valence-electron chi connectivity index (χ0n) is 12.4. The van der Waals surface area contributed by atoms with Crippen molar-refractivity contribution >= 4 is 39.5 Å². The van der Waals surface area contributed by atoms with Gasteiger partial charge in [0.15, 0.2) is 5.65 Å². The summed E-state index contributed by atoms with van der Waals surface area (Å²) in [6.45, 7) is 0. The molecule has 0 aliphatic heterocycles. The number of nitrogens with zero attached hydrogens (tertiary/aromatic N) is 4. The normalized spacial score (nSPS) is 11.0. The van der Waals surface area contributed by atoms with Crippen LogP contribution in [0.15, 0.2) is 24.7 Å². The van der Waals surface area contributed by atoms with Crippen LogP contribution in [0.4, 0.5) is 11.5 Å². The van der Waals surface area contributed by atoms with Gasteiger partial charge in [0.25, 0.3) is 0 Å². The summed E-state index contributed by atoms with van der Waals surface area (Å²) in [5.41, 5.74) is 1.62. The SMILES string of the molecule is COc1nc2[nH]ncc2cc1Nc1ncnc2[nH]c(C(=O)O)cc12. The Hall–Kier alpha value is -3.69. The van der Waals surface area contributed by atoms with Gasteiger partial charge in [-0.05, 0) is 12.1 Å². The molecule has 10 nitrogen and oxygen atoms in total. The van der Waals surface area contributed by atoms with Gasteiger partial charge < -0.3 is 20.1 Å². The van der Waals surface area contributed by atoms with Crippen molar-refractivity contribution in [3.05, 3.63) is 30.4 Å². The van der Waals surface area contributed by atoms with Gasteiger partial charge in [0.05, 0.1) is 18.7 Å². The average molecular weight is 325 g/mol. The van der Waals surface area contributed by atoms with E-state index in [1.807, 2.05) is 6.07 Å². The summed E-state index contributed by atoms with van der Waals surface area (Å²) >= 11 is 0. The highest BCUT2D eigenvalue weighted by molar-refractivity contribution is 5.97. The second kappa shape index (κ2) is 5.19. The molecule has 0 unspecified atom stereocenters. The van der Waals surface area contributed by atoms with E-state index in [-0.39, 0.29) is 5.69 Å². The molecule has 0 radical (unpaired) electrons. The molecule has 0 bridgehead atoms. The fourth-order valence-corrected chi connectivity index (χ4v) is 2.39. The molecule has 0 saturated carbocycles. The maximum atomic E-state index is 11.1. The Kier molecular flexibility index (Phi) is 3.02. The number of aromatic carboxylic acids is 1. The largest absolute Gasteiger partial charge is 0.479 e. The van der Waals surface area contributed by atoms with Crippen LogP contribution in [0.5, 0.6) is 5.88 Å². The van der Waals surface area contributed by atoms with Crippen LogP contribution in [0.3, 0.4) is 0 Å². The molecule has 4 heterocycles. The van der Waals surface area contributed by atoms with Crippen molar-refractivity contribution in [3.8, 4) is 5.88 Å². The highest BCUT2D eigenvalue weighted by Gasteiger charge is 2.15. The number of carbonyl (C=O) groups is 1. The molecule has 120 valence electrons. The maximum Gasteiger partial charge on any atom is 0.352 e. The number of carboxylic acids is 1. The molecule has 10 heteroatoms. The monoisotopic (exact) mass is 325 g/mol. The molecule has 4 aromatic heterocycles. The van der Waals surface area contributed by atoms with Crippen molar-refractivity contribution in [2.24, 2.45) is 0 Å². The number of nitrogens with one attached hydrogen (secondary N) is 3. The highest BCUT2D eigenvalue weighted by Crippen LogP contribution is 2.30. The average Bonchev–Trinajstić information content (AvgIpc) is 3.20. The van der Waals surface area contributed by atoms with Crippen LogP contribution in [-0.2, 0) is 0 Å². The first-order valence-corrected chi connectivity index (χ1v) is 6.88. The zero-order chi connectivity index (χ0) is 16.7. The van der Waals surface area contributed by atoms with Crippen LogP contribution in [-0.4, -0.2) is 48.3 Å². The van der Waals surface area contributed by atoms with Gasteiger partial charge in [-0.25, -0.2) is 14.8 Å². The van der Waals surface area contributed by atoms with E-state index in [1.165, 1.54) is 19.5 Å². The van der Waals surface area contributed by atoms with Crippen molar-refractivity contribution in [3.63, 3.8) is 0 Å². The first kappa shape index (κ1) is 13.9. The van der Waals surface area contributed by atoms with Gasteiger partial charge in [-0.2, -0.15) is 10.1 Å². The van der Waals surface area contributed by atoms with Gasteiger partial charge >= 0.3 is 5.97 Å². The lowest BCUT2D eigenvalue weighted by Gasteiger charge is -2.10. The molecule has 0 atom stereocenters. The third kappa shape index (κ3) is 2.17. The highest BCUT2D eigenvalue weighted by atomic mass is 16.5. The van der Waals surface area contributed by atoms with E-state index in [0.29, 0.717) is 34.1 Å². The zero-order valence-corrected chi connectivity index (χ0v) is 12.4. The topological polar surface area (TPSA) is 142 Å². The van der Waals surface area contributed by atoms with Crippen LogP contribution in [0.2, 0.25) is 0 Å². The number of pyridine rings is 1. The number of aromatic amines is 2. The van der Waals surface area contributed by atoms with Gasteiger partial charge in [-0.1, -0.05) is 0 Å². The number of ether oxygens (including phenoxy) is 1. The molecule has 24 heavy (non-hydrogen) atoms. The molecular formula is C14H11N7O3.